The number of rotatable bonds is 4. The van der Waals surface area contributed by atoms with Gasteiger partial charge in [-0.3, -0.25) is 9.59 Å². The lowest BCUT2D eigenvalue weighted by molar-refractivity contribution is 0.0681. The zero-order valence-electron chi connectivity index (χ0n) is 14.1. The van der Waals surface area contributed by atoms with Crippen LogP contribution in [0.5, 0.6) is 0 Å². The summed E-state index contributed by atoms with van der Waals surface area (Å²) in [6.07, 6.45) is 2.60. The van der Waals surface area contributed by atoms with Crippen LogP contribution in [0.25, 0.3) is 0 Å². The van der Waals surface area contributed by atoms with Crippen LogP contribution in [0.3, 0.4) is 0 Å². The monoisotopic (exact) mass is 353 g/mol. The van der Waals surface area contributed by atoms with Gasteiger partial charge < -0.3 is 15.3 Å². The van der Waals surface area contributed by atoms with Gasteiger partial charge in [-0.2, -0.15) is 0 Å². The van der Waals surface area contributed by atoms with Crippen LogP contribution in [0.4, 0.5) is 0 Å². The van der Waals surface area contributed by atoms with E-state index >= 15 is 0 Å². The van der Waals surface area contributed by atoms with E-state index in [4.69, 9.17) is 5.11 Å². The number of carboxylic acid groups (broad SMARTS) is 1. The van der Waals surface area contributed by atoms with Crippen molar-refractivity contribution in [2.75, 3.05) is 13.1 Å². The molecule has 2 heterocycles. The Morgan fingerprint density at radius 2 is 1.69 bits per heavy atom. The van der Waals surface area contributed by atoms with Crippen LogP contribution in [-0.4, -0.2) is 51.9 Å². The van der Waals surface area contributed by atoms with Crippen molar-refractivity contribution in [3.05, 3.63) is 65.5 Å². The van der Waals surface area contributed by atoms with Gasteiger partial charge in [0.2, 0.25) is 0 Å². The normalized spacial score (nSPS) is 14.7. The molecule has 1 aliphatic heterocycles. The molecule has 1 aromatic heterocycles. The Bertz CT molecular complexity index is 797. The molecule has 0 radical (unpaired) electrons. The molecule has 26 heavy (non-hydrogen) atoms. The molecular formula is C19H19N3O4. The van der Waals surface area contributed by atoms with E-state index < -0.39 is 5.97 Å². The van der Waals surface area contributed by atoms with Crippen molar-refractivity contribution in [3.8, 4) is 0 Å². The van der Waals surface area contributed by atoms with Crippen molar-refractivity contribution in [2.45, 2.75) is 18.9 Å². The highest BCUT2D eigenvalue weighted by Gasteiger charge is 2.24. The molecule has 1 fully saturated rings. The minimum absolute atomic E-state index is 0.00355. The van der Waals surface area contributed by atoms with Crippen molar-refractivity contribution in [1.82, 2.24) is 15.2 Å². The van der Waals surface area contributed by atoms with E-state index in [1.807, 2.05) is 18.2 Å². The minimum atomic E-state index is -1.13. The molecule has 7 heteroatoms. The molecule has 0 aliphatic carbocycles. The highest BCUT2D eigenvalue weighted by Crippen LogP contribution is 2.14. The van der Waals surface area contributed by atoms with Gasteiger partial charge in [0.25, 0.3) is 11.8 Å². The first kappa shape index (κ1) is 17.6. The Balaban J connectivity index is 1.53. The number of likely N-dealkylation sites (tertiary alicyclic amines) is 1. The Kier molecular flexibility index (Phi) is 5.26. The maximum absolute atomic E-state index is 12.4. The third-order valence-corrected chi connectivity index (χ3v) is 4.38. The second kappa shape index (κ2) is 7.77. The first-order chi connectivity index (χ1) is 12.5. The van der Waals surface area contributed by atoms with E-state index in [0.717, 1.165) is 0 Å². The molecule has 0 unspecified atom stereocenters. The molecule has 1 aromatic carbocycles. The van der Waals surface area contributed by atoms with Crippen LogP contribution >= 0.6 is 0 Å². The maximum atomic E-state index is 12.4. The summed E-state index contributed by atoms with van der Waals surface area (Å²) in [4.78, 5) is 41.0. The number of pyridine rings is 1. The van der Waals surface area contributed by atoms with Crippen molar-refractivity contribution >= 4 is 17.8 Å². The van der Waals surface area contributed by atoms with E-state index in [1.54, 1.807) is 17.0 Å². The summed E-state index contributed by atoms with van der Waals surface area (Å²) < 4.78 is 0. The minimum Gasteiger partial charge on any atom is -0.477 e. The third-order valence-electron chi connectivity index (χ3n) is 4.38. The first-order valence-corrected chi connectivity index (χ1v) is 8.39. The molecule has 2 N–H and O–H groups in total. The van der Waals surface area contributed by atoms with Gasteiger partial charge in [-0.1, -0.05) is 18.2 Å². The highest BCUT2D eigenvalue weighted by atomic mass is 16.4. The zero-order valence-corrected chi connectivity index (χ0v) is 14.1. The van der Waals surface area contributed by atoms with Crippen molar-refractivity contribution < 1.29 is 19.5 Å². The lowest BCUT2D eigenvalue weighted by atomic mass is 10.0. The van der Waals surface area contributed by atoms with Gasteiger partial charge in [-0.05, 0) is 37.1 Å². The molecule has 0 atom stereocenters. The van der Waals surface area contributed by atoms with Crippen LogP contribution in [0.1, 0.15) is 44.0 Å². The van der Waals surface area contributed by atoms with Crippen LogP contribution in [0, 0.1) is 0 Å². The van der Waals surface area contributed by atoms with Gasteiger partial charge in [-0.25, -0.2) is 9.78 Å². The summed E-state index contributed by atoms with van der Waals surface area (Å²) >= 11 is 0. The summed E-state index contributed by atoms with van der Waals surface area (Å²) in [6, 6.07) is 11.9. The predicted molar refractivity (Wildman–Crippen MR) is 94.0 cm³/mol. The number of nitrogens with zero attached hydrogens (tertiary/aromatic N) is 2. The number of aromatic carboxylic acids is 1. The lowest BCUT2D eigenvalue weighted by Crippen LogP contribution is -2.46. The molecular weight excluding hydrogens is 334 g/mol. The smallest absolute Gasteiger partial charge is 0.354 e. The van der Waals surface area contributed by atoms with Crippen molar-refractivity contribution in [2.24, 2.45) is 0 Å². The number of piperidine rings is 1. The van der Waals surface area contributed by atoms with Gasteiger partial charge in [0, 0.05) is 30.9 Å². The highest BCUT2D eigenvalue weighted by molar-refractivity contribution is 5.95. The van der Waals surface area contributed by atoms with Gasteiger partial charge in [0.05, 0.1) is 5.56 Å². The fraction of sp³-hybridized carbons (Fsp3) is 0.263. The summed E-state index contributed by atoms with van der Waals surface area (Å²) in [7, 11) is 0. The standard InChI is InChI=1S/C19H19N3O4/c23-17(14-6-7-16(19(25)26)20-12-14)21-15-8-10-22(11-9-15)18(24)13-4-2-1-3-5-13/h1-7,12,15H,8-11H2,(H,21,23)(H,25,26). The first-order valence-electron chi connectivity index (χ1n) is 8.39. The fourth-order valence-corrected chi connectivity index (χ4v) is 2.91. The largest absolute Gasteiger partial charge is 0.477 e. The van der Waals surface area contributed by atoms with E-state index in [2.05, 4.69) is 10.3 Å². The summed E-state index contributed by atoms with van der Waals surface area (Å²) in [5.74, 6) is -1.42. The molecule has 1 aliphatic rings. The zero-order chi connectivity index (χ0) is 18.5. The quantitative estimate of drug-likeness (QED) is 0.873. The van der Waals surface area contributed by atoms with E-state index in [-0.39, 0.29) is 23.6 Å². The Morgan fingerprint density at radius 1 is 1.00 bits per heavy atom. The van der Waals surface area contributed by atoms with Crippen LogP contribution in [0.15, 0.2) is 48.7 Å². The van der Waals surface area contributed by atoms with Crippen LogP contribution < -0.4 is 5.32 Å². The number of carbonyl (C=O) groups is 3. The number of hydrogen-bond acceptors (Lipinski definition) is 4. The lowest BCUT2D eigenvalue weighted by Gasteiger charge is -2.32. The number of nitrogens with one attached hydrogen (secondary N) is 1. The molecule has 0 saturated carbocycles. The maximum Gasteiger partial charge on any atom is 0.354 e. The second-order valence-corrected chi connectivity index (χ2v) is 6.14. The van der Waals surface area contributed by atoms with E-state index in [9.17, 15) is 14.4 Å². The molecule has 7 nitrogen and oxygen atoms in total. The predicted octanol–water partition coefficient (Wildman–Crippen LogP) is 1.81. The Hall–Kier alpha value is -3.22. The molecule has 3 rings (SSSR count). The fourth-order valence-electron chi connectivity index (χ4n) is 2.91. The summed E-state index contributed by atoms with van der Waals surface area (Å²) in [6.45, 7) is 1.16. The SMILES string of the molecule is O=C(NC1CCN(C(=O)c2ccccc2)CC1)c1ccc(C(=O)O)nc1. The molecule has 0 bridgehead atoms. The second-order valence-electron chi connectivity index (χ2n) is 6.14. The van der Waals surface area contributed by atoms with Crippen LogP contribution in [0.2, 0.25) is 0 Å². The third kappa shape index (κ3) is 4.05. The number of carboxylic acids is 1. The van der Waals surface area contributed by atoms with Crippen LogP contribution in [-0.2, 0) is 0 Å². The number of carbonyl (C=O) groups excluding carboxylic acids is 2. The van der Waals surface area contributed by atoms with Crippen molar-refractivity contribution in [3.63, 3.8) is 0 Å². The van der Waals surface area contributed by atoms with Crippen molar-refractivity contribution in [1.29, 1.82) is 0 Å². The topological polar surface area (TPSA) is 99.6 Å². The van der Waals surface area contributed by atoms with Gasteiger partial charge >= 0.3 is 5.97 Å². The summed E-state index contributed by atoms with van der Waals surface area (Å²) in [5, 5.41) is 11.8. The number of hydrogen-bond donors (Lipinski definition) is 2. The molecule has 0 spiro atoms. The molecule has 1 saturated heterocycles. The molecule has 2 aromatic rings. The molecule has 134 valence electrons. The average Bonchev–Trinajstić information content (AvgIpc) is 2.68. The van der Waals surface area contributed by atoms with E-state index in [1.165, 1.54) is 18.3 Å². The number of aromatic nitrogens is 1. The Morgan fingerprint density at radius 3 is 2.27 bits per heavy atom. The average molecular weight is 353 g/mol. The summed E-state index contributed by atoms with van der Waals surface area (Å²) in [5.41, 5.74) is 0.881. The van der Waals surface area contributed by atoms with Gasteiger partial charge in [-0.15, -0.1) is 0 Å². The number of benzene rings is 1. The van der Waals surface area contributed by atoms with Gasteiger partial charge in [0.15, 0.2) is 0 Å². The number of amides is 2. The van der Waals surface area contributed by atoms with Gasteiger partial charge in [0.1, 0.15) is 5.69 Å². The molecule has 2 amide bonds. The van der Waals surface area contributed by atoms with E-state index in [0.29, 0.717) is 37.1 Å². The Labute approximate surface area is 150 Å².